The van der Waals surface area contributed by atoms with Crippen molar-refractivity contribution in [2.24, 2.45) is 5.73 Å². The molecule has 0 atom stereocenters. The Morgan fingerprint density at radius 1 is 1.14 bits per heavy atom. The van der Waals surface area contributed by atoms with Crippen LogP contribution in [0.1, 0.15) is 31.2 Å². The molecule has 0 fully saturated rings. The first-order valence-corrected chi connectivity index (χ1v) is 6.36. The number of aromatic carboxylic acids is 1. The summed E-state index contributed by atoms with van der Waals surface area (Å²) in [5.74, 6) is -2.09. The first kappa shape index (κ1) is 15.3. The Bertz CT molecular complexity index is 726. The van der Waals surface area contributed by atoms with Crippen LogP contribution in [-0.2, 0) is 0 Å². The highest BCUT2D eigenvalue weighted by atomic mass is 16.4. The number of nitrogens with two attached hydrogens (primary N) is 1. The van der Waals surface area contributed by atoms with Crippen molar-refractivity contribution in [2.75, 3.05) is 11.9 Å². The summed E-state index contributed by atoms with van der Waals surface area (Å²) >= 11 is 0. The highest BCUT2D eigenvalue weighted by molar-refractivity contribution is 6.10. The van der Waals surface area contributed by atoms with Crippen LogP contribution in [-0.4, -0.2) is 34.3 Å². The number of nitrogens with zero attached hydrogens (tertiary/aromatic N) is 1. The molecule has 1 aromatic carbocycles. The lowest BCUT2D eigenvalue weighted by molar-refractivity contribution is 0.0685. The molecule has 0 saturated heterocycles. The monoisotopic (exact) mass is 299 g/mol. The van der Waals surface area contributed by atoms with Crippen LogP contribution in [0.15, 0.2) is 42.6 Å². The molecule has 112 valence electrons. The molecule has 0 radical (unpaired) electrons. The van der Waals surface area contributed by atoms with Crippen molar-refractivity contribution in [3.8, 4) is 0 Å². The van der Waals surface area contributed by atoms with Crippen LogP contribution >= 0.6 is 0 Å². The second-order valence-corrected chi connectivity index (χ2v) is 4.36. The van der Waals surface area contributed by atoms with Gasteiger partial charge in [-0.15, -0.1) is 0 Å². The summed E-state index contributed by atoms with van der Waals surface area (Å²) in [5, 5.41) is 11.6. The number of aromatic nitrogens is 1. The van der Waals surface area contributed by atoms with E-state index in [1.54, 1.807) is 0 Å². The number of Topliss-reactive ketones (excluding diaryl/α,β-unsaturated/α-hetero) is 1. The molecule has 2 rings (SSSR count). The molecule has 4 N–H and O–H groups in total. The van der Waals surface area contributed by atoms with Gasteiger partial charge in [0.25, 0.3) is 5.91 Å². The molecule has 0 bridgehead atoms. The van der Waals surface area contributed by atoms with Gasteiger partial charge in [-0.2, -0.15) is 0 Å². The summed E-state index contributed by atoms with van der Waals surface area (Å²) in [6.45, 7) is -0.0939. The van der Waals surface area contributed by atoms with Crippen LogP contribution in [0.2, 0.25) is 0 Å². The maximum atomic E-state index is 12.1. The van der Waals surface area contributed by atoms with E-state index in [0.717, 1.165) is 0 Å². The number of carboxylic acids is 1. The molecule has 22 heavy (non-hydrogen) atoms. The molecule has 2 aromatic rings. The summed E-state index contributed by atoms with van der Waals surface area (Å²) in [6.07, 6.45) is 1.30. The number of nitrogens with one attached hydrogen (secondary N) is 1. The van der Waals surface area contributed by atoms with Gasteiger partial charge in [0.1, 0.15) is 0 Å². The van der Waals surface area contributed by atoms with E-state index in [9.17, 15) is 14.4 Å². The summed E-state index contributed by atoms with van der Waals surface area (Å²) in [4.78, 5) is 38.2. The van der Waals surface area contributed by atoms with E-state index < -0.39 is 11.9 Å². The molecule has 0 saturated carbocycles. The Morgan fingerprint density at radius 2 is 1.82 bits per heavy atom. The third kappa shape index (κ3) is 3.33. The predicted octanol–water partition coefficient (Wildman–Crippen LogP) is 1.17. The maximum absolute atomic E-state index is 12.1. The molecule has 0 spiro atoms. The Hall–Kier alpha value is -3.06. The van der Waals surface area contributed by atoms with Gasteiger partial charge in [0.05, 0.1) is 12.1 Å². The number of amides is 1. The Morgan fingerprint density at radius 3 is 2.41 bits per heavy atom. The molecule has 0 unspecified atom stereocenters. The summed E-state index contributed by atoms with van der Waals surface area (Å²) in [5.41, 5.74) is 5.76. The van der Waals surface area contributed by atoms with Crippen LogP contribution in [0.3, 0.4) is 0 Å². The smallest absolute Gasteiger partial charge is 0.355 e. The molecular weight excluding hydrogens is 286 g/mol. The van der Waals surface area contributed by atoms with Crippen LogP contribution < -0.4 is 11.1 Å². The molecule has 0 aliphatic rings. The highest BCUT2D eigenvalue weighted by Crippen LogP contribution is 2.13. The van der Waals surface area contributed by atoms with E-state index in [1.807, 2.05) is 0 Å². The fourth-order valence-corrected chi connectivity index (χ4v) is 1.81. The van der Waals surface area contributed by atoms with Gasteiger partial charge in [-0.25, -0.2) is 9.78 Å². The number of carbonyl (C=O) groups is 3. The number of pyridine rings is 1. The van der Waals surface area contributed by atoms with Crippen molar-refractivity contribution in [1.29, 1.82) is 0 Å². The number of ketones is 1. The Labute approximate surface area is 125 Å². The summed E-state index contributed by atoms with van der Waals surface area (Å²) in [7, 11) is 0. The molecule has 1 heterocycles. The first-order chi connectivity index (χ1) is 10.5. The van der Waals surface area contributed by atoms with Crippen LogP contribution in [0.5, 0.6) is 0 Å². The van der Waals surface area contributed by atoms with Crippen molar-refractivity contribution in [3.63, 3.8) is 0 Å². The molecule has 7 heteroatoms. The lowest BCUT2D eigenvalue weighted by Gasteiger charge is -2.07. The van der Waals surface area contributed by atoms with Gasteiger partial charge in [-0.1, -0.05) is 0 Å². The molecule has 7 nitrogen and oxygen atoms in total. The van der Waals surface area contributed by atoms with Gasteiger partial charge < -0.3 is 16.2 Å². The lowest BCUT2D eigenvalue weighted by Crippen LogP contribution is -2.18. The second kappa shape index (κ2) is 6.59. The molecular formula is C15H13N3O4. The van der Waals surface area contributed by atoms with E-state index in [1.165, 1.54) is 42.6 Å². The molecule has 0 aliphatic carbocycles. The van der Waals surface area contributed by atoms with E-state index in [-0.39, 0.29) is 23.6 Å². The maximum Gasteiger partial charge on any atom is 0.355 e. The third-order valence-corrected chi connectivity index (χ3v) is 2.91. The quantitative estimate of drug-likeness (QED) is 0.712. The number of rotatable bonds is 5. The number of benzene rings is 1. The van der Waals surface area contributed by atoms with Gasteiger partial charge in [0, 0.05) is 17.4 Å². The van der Waals surface area contributed by atoms with Gasteiger partial charge >= 0.3 is 5.97 Å². The van der Waals surface area contributed by atoms with E-state index in [4.69, 9.17) is 10.8 Å². The zero-order valence-electron chi connectivity index (χ0n) is 11.4. The standard InChI is InChI=1S/C15H13N3O4/c16-8-12(19)9-3-5-10(6-4-9)18-14(20)11-2-1-7-17-13(11)15(21)22/h1-7H,8,16H2,(H,18,20)(H,21,22). The van der Waals surface area contributed by atoms with Crippen LogP contribution in [0.25, 0.3) is 0 Å². The Balaban J connectivity index is 2.19. The number of hydrogen-bond donors (Lipinski definition) is 3. The first-order valence-electron chi connectivity index (χ1n) is 6.36. The van der Waals surface area contributed by atoms with Crippen molar-refractivity contribution in [1.82, 2.24) is 4.98 Å². The Kier molecular flexibility index (Phi) is 4.60. The van der Waals surface area contributed by atoms with Crippen molar-refractivity contribution >= 4 is 23.3 Å². The largest absolute Gasteiger partial charge is 0.476 e. The minimum absolute atomic E-state index is 0.0443. The number of anilines is 1. The normalized spacial score (nSPS) is 10.0. The van der Waals surface area contributed by atoms with Gasteiger partial charge in [-0.05, 0) is 36.4 Å². The topological polar surface area (TPSA) is 122 Å². The summed E-state index contributed by atoms with van der Waals surface area (Å²) in [6, 6.07) is 9.00. The molecule has 1 aromatic heterocycles. The lowest BCUT2D eigenvalue weighted by atomic mass is 10.1. The van der Waals surface area contributed by atoms with Crippen LogP contribution in [0, 0.1) is 0 Å². The average Bonchev–Trinajstić information content (AvgIpc) is 2.54. The van der Waals surface area contributed by atoms with Gasteiger partial charge in [0.2, 0.25) is 0 Å². The van der Waals surface area contributed by atoms with E-state index >= 15 is 0 Å². The number of hydrogen-bond acceptors (Lipinski definition) is 5. The molecule has 1 amide bonds. The average molecular weight is 299 g/mol. The second-order valence-electron chi connectivity index (χ2n) is 4.36. The number of carbonyl (C=O) groups excluding carboxylic acids is 2. The minimum Gasteiger partial charge on any atom is -0.476 e. The van der Waals surface area contributed by atoms with Gasteiger partial charge in [0.15, 0.2) is 11.5 Å². The fourth-order valence-electron chi connectivity index (χ4n) is 1.81. The third-order valence-electron chi connectivity index (χ3n) is 2.91. The van der Waals surface area contributed by atoms with E-state index in [0.29, 0.717) is 11.3 Å². The van der Waals surface area contributed by atoms with Crippen LogP contribution in [0.4, 0.5) is 5.69 Å². The molecule has 0 aliphatic heterocycles. The fraction of sp³-hybridized carbons (Fsp3) is 0.0667. The number of carboxylic acid groups (broad SMARTS) is 1. The van der Waals surface area contributed by atoms with Gasteiger partial charge in [-0.3, -0.25) is 9.59 Å². The highest BCUT2D eigenvalue weighted by Gasteiger charge is 2.17. The SMILES string of the molecule is NCC(=O)c1ccc(NC(=O)c2cccnc2C(=O)O)cc1. The van der Waals surface area contributed by atoms with Crippen molar-refractivity contribution < 1.29 is 19.5 Å². The van der Waals surface area contributed by atoms with E-state index in [2.05, 4.69) is 10.3 Å². The van der Waals surface area contributed by atoms with Crippen molar-refractivity contribution in [3.05, 3.63) is 59.4 Å². The van der Waals surface area contributed by atoms with Crippen molar-refractivity contribution in [2.45, 2.75) is 0 Å². The summed E-state index contributed by atoms with van der Waals surface area (Å²) < 4.78 is 0. The zero-order chi connectivity index (χ0) is 16.1. The predicted molar refractivity (Wildman–Crippen MR) is 79.0 cm³/mol. The minimum atomic E-state index is -1.28. The zero-order valence-corrected chi connectivity index (χ0v) is 11.4.